The van der Waals surface area contributed by atoms with Gasteiger partial charge in [0.15, 0.2) is 5.41 Å². The van der Waals surface area contributed by atoms with Crippen LogP contribution in [0.25, 0.3) is 0 Å². The first-order valence-electron chi connectivity index (χ1n) is 11.0. The van der Waals surface area contributed by atoms with Gasteiger partial charge in [0.05, 0.1) is 11.3 Å². The maximum absolute atomic E-state index is 13.8. The highest BCUT2D eigenvalue weighted by molar-refractivity contribution is 6.21. The van der Waals surface area contributed by atoms with Gasteiger partial charge in [-0.05, 0) is 47.8 Å². The van der Waals surface area contributed by atoms with Gasteiger partial charge in [-0.3, -0.25) is 19.4 Å². The van der Waals surface area contributed by atoms with E-state index in [1.165, 1.54) is 14.1 Å². The zero-order chi connectivity index (χ0) is 23.4. The number of nitrogens with two attached hydrogens (primary N) is 1. The van der Waals surface area contributed by atoms with E-state index < -0.39 is 29.2 Å². The molecule has 2 atom stereocenters. The third-order valence-corrected chi connectivity index (χ3v) is 7.27. The van der Waals surface area contributed by atoms with Crippen LogP contribution in [0.2, 0.25) is 0 Å². The van der Waals surface area contributed by atoms with Crippen LogP contribution in [-0.4, -0.2) is 41.7 Å². The van der Waals surface area contributed by atoms with E-state index in [4.69, 9.17) is 5.73 Å². The zero-order valence-corrected chi connectivity index (χ0v) is 18.9. The molecule has 7 nitrogen and oxygen atoms in total. The second-order valence-electron chi connectivity index (χ2n) is 9.22. The predicted octanol–water partition coefficient (Wildman–Crippen LogP) is 3.41. The number of carbonyl (C=O) groups is 3. The number of fused-ring (bicyclic) bond motifs is 1. The summed E-state index contributed by atoms with van der Waals surface area (Å²) in [6, 6.07) is 9.39. The van der Waals surface area contributed by atoms with Crippen molar-refractivity contribution in [3.05, 3.63) is 58.3 Å². The van der Waals surface area contributed by atoms with Gasteiger partial charge in [-0.1, -0.05) is 44.2 Å². The van der Waals surface area contributed by atoms with Crippen molar-refractivity contribution in [3.8, 4) is 6.07 Å². The highest BCUT2D eigenvalue weighted by atomic mass is 16.2. The van der Waals surface area contributed by atoms with E-state index in [0.717, 1.165) is 45.8 Å². The summed E-state index contributed by atoms with van der Waals surface area (Å²) in [5, 5.41) is 9.98. The fourth-order valence-corrected chi connectivity index (χ4v) is 5.57. The van der Waals surface area contributed by atoms with Gasteiger partial charge in [0.1, 0.15) is 6.07 Å². The van der Waals surface area contributed by atoms with Crippen molar-refractivity contribution in [1.82, 2.24) is 9.80 Å². The van der Waals surface area contributed by atoms with Gasteiger partial charge < -0.3 is 5.73 Å². The minimum atomic E-state index is -1.83. The van der Waals surface area contributed by atoms with E-state index >= 15 is 0 Å². The molecule has 1 aromatic rings. The maximum Gasteiger partial charge on any atom is 0.332 e. The Morgan fingerprint density at radius 1 is 1.09 bits per heavy atom. The Labute approximate surface area is 188 Å². The fraction of sp³-hybridized carbons (Fsp3) is 0.440. The molecule has 0 radical (unpaired) electrons. The van der Waals surface area contributed by atoms with Crippen molar-refractivity contribution in [2.75, 3.05) is 14.1 Å². The molecule has 1 fully saturated rings. The SMILES string of the molecule is CC(C)c1ccc(C2C3CCCC=C3C(C#N)=C(N)C23C(=O)N(C)C(=O)N(C)C3=O)cc1. The van der Waals surface area contributed by atoms with Gasteiger partial charge in [0.2, 0.25) is 0 Å². The number of allylic oxidation sites excluding steroid dienone is 3. The monoisotopic (exact) mass is 432 g/mol. The average Bonchev–Trinajstić information content (AvgIpc) is 2.80. The largest absolute Gasteiger partial charge is 0.400 e. The summed E-state index contributed by atoms with van der Waals surface area (Å²) in [4.78, 5) is 42.0. The number of nitriles is 1. The molecule has 4 amide bonds. The number of carbonyl (C=O) groups excluding carboxylic acids is 3. The van der Waals surface area contributed by atoms with E-state index in [0.29, 0.717) is 5.92 Å². The molecule has 4 rings (SSSR count). The molecular formula is C25H28N4O3. The standard InChI is InChI=1S/C25H28N4O3/c1-14(2)15-9-11-16(12-10-15)20-18-8-6-5-7-17(18)19(13-26)21(27)25(20)22(30)28(3)24(32)29(4)23(25)31/h7,9-12,14,18,20H,5-6,8,27H2,1-4H3. The van der Waals surface area contributed by atoms with Crippen LogP contribution in [0, 0.1) is 22.7 Å². The molecule has 0 aromatic heterocycles. The van der Waals surface area contributed by atoms with Gasteiger partial charge >= 0.3 is 6.03 Å². The third-order valence-electron chi connectivity index (χ3n) is 7.27. The molecule has 2 aliphatic carbocycles. The molecule has 3 aliphatic rings. The molecule has 2 N–H and O–H groups in total. The topological polar surface area (TPSA) is 108 Å². The van der Waals surface area contributed by atoms with Crippen LogP contribution in [0.3, 0.4) is 0 Å². The van der Waals surface area contributed by atoms with Crippen molar-refractivity contribution >= 4 is 17.8 Å². The molecule has 1 heterocycles. The number of imide groups is 2. The van der Waals surface area contributed by atoms with Crippen LogP contribution in [0.5, 0.6) is 0 Å². The minimum absolute atomic E-state index is 0.0523. The van der Waals surface area contributed by atoms with Crippen LogP contribution in [0.15, 0.2) is 47.2 Å². The van der Waals surface area contributed by atoms with Crippen molar-refractivity contribution < 1.29 is 14.4 Å². The molecule has 7 heteroatoms. The van der Waals surface area contributed by atoms with Crippen molar-refractivity contribution in [2.45, 2.75) is 44.9 Å². The molecule has 0 bridgehead atoms. The fourth-order valence-electron chi connectivity index (χ4n) is 5.57. The molecule has 166 valence electrons. The molecule has 2 unspecified atom stereocenters. The Kier molecular flexibility index (Phi) is 5.20. The second kappa shape index (κ2) is 7.63. The summed E-state index contributed by atoms with van der Waals surface area (Å²) in [6.45, 7) is 4.20. The quantitative estimate of drug-likeness (QED) is 0.721. The lowest BCUT2D eigenvalue weighted by Crippen LogP contribution is -2.68. The summed E-state index contributed by atoms with van der Waals surface area (Å²) in [7, 11) is 2.72. The Morgan fingerprint density at radius 2 is 1.69 bits per heavy atom. The summed E-state index contributed by atoms with van der Waals surface area (Å²) in [5.74, 6) is -1.84. The molecule has 1 spiro atoms. The molecule has 0 saturated carbocycles. The number of rotatable bonds is 2. The summed E-state index contributed by atoms with van der Waals surface area (Å²) in [5.41, 5.74) is 7.65. The molecule has 1 saturated heterocycles. The van der Waals surface area contributed by atoms with E-state index in [9.17, 15) is 19.6 Å². The molecule has 32 heavy (non-hydrogen) atoms. The number of benzene rings is 1. The number of amides is 4. The molecular weight excluding hydrogens is 404 g/mol. The predicted molar refractivity (Wildman–Crippen MR) is 119 cm³/mol. The van der Waals surface area contributed by atoms with E-state index in [2.05, 4.69) is 19.9 Å². The summed E-state index contributed by atoms with van der Waals surface area (Å²) in [6.07, 6.45) is 4.44. The Balaban J connectivity index is 2.05. The first-order valence-corrected chi connectivity index (χ1v) is 11.0. The molecule has 1 aliphatic heterocycles. The van der Waals surface area contributed by atoms with Gasteiger partial charge in [-0.2, -0.15) is 5.26 Å². The number of hydrogen-bond acceptors (Lipinski definition) is 5. The highest BCUT2D eigenvalue weighted by Crippen LogP contribution is 2.58. The lowest BCUT2D eigenvalue weighted by atomic mass is 9.54. The summed E-state index contributed by atoms with van der Waals surface area (Å²) >= 11 is 0. The first kappa shape index (κ1) is 21.8. The van der Waals surface area contributed by atoms with E-state index in [1.807, 2.05) is 30.3 Å². The van der Waals surface area contributed by atoms with Crippen LogP contribution in [0.4, 0.5) is 4.79 Å². The van der Waals surface area contributed by atoms with Crippen LogP contribution >= 0.6 is 0 Å². The Bertz CT molecular complexity index is 1080. The lowest BCUT2D eigenvalue weighted by molar-refractivity contribution is -0.157. The van der Waals surface area contributed by atoms with Gasteiger partial charge in [0.25, 0.3) is 11.8 Å². The van der Waals surface area contributed by atoms with E-state index in [-0.39, 0.29) is 17.2 Å². The maximum atomic E-state index is 13.8. The van der Waals surface area contributed by atoms with Gasteiger partial charge in [0, 0.05) is 20.0 Å². The van der Waals surface area contributed by atoms with E-state index in [1.54, 1.807) is 0 Å². The van der Waals surface area contributed by atoms with Gasteiger partial charge in [-0.15, -0.1) is 0 Å². The number of nitrogens with zero attached hydrogens (tertiary/aromatic N) is 3. The number of barbiturate groups is 1. The van der Waals surface area contributed by atoms with Gasteiger partial charge in [-0.25, -0.2) is 4.79 Å². The normalized spacial score (nSPS) is 25.2. The zero-order valence-electron chi connectivity index (χ0n) is 18.9. The van der Waals surface area contributed by atoms with Crippen LogP contribution < -0.4 is 5.73 Å². The highest BCUT2D eigenvalue weighted by Gasteiger charge is 2.66. The summed E-state index contributed by atoms with van der Waals surface area (Å²) < 4.78 is 0. The first-order chi connectivity index (χ1) is 15.2. The average molecular weight is 433 g/mol. The van der Waals surface area contributed by atoms with Crippen molar-refractivity contribution in [2.24, 2.45) is 17.1 Å². The number of urea groups is 1. The van der Waals surface area contributed by atoms with Crippen LogP contribution in [-0.2, 0) is 9.59 Å². The number of hydrogen-bond donors (Lipinski definition) is 1. The smallest absolute Gasteiger partial charge is 0.332 e. The third kappa shape index (κ3) is 2.75. The second-order valence-corrected chi connectivity index (χ2v) is 9.22. The van der Waals surface area contributed by atoms with Crippen molar-refractivity contribution in [1.29, 1.82) is 5.26 Å². The Morgan fingerprint density at radius 3 is 2.22 bits per heavy atom. The van der Waals surface area contributed by atoms with Crippen molar-refractivity contribution in [3.63, 3.8) is 0 Å². The molecule has 1 aromatic carbocycles. The minimum Gasteiger partial charge on any atom is -0.400 e. The van der Waals surface area contributed by atoms with Crippen LogP contribution in [0.1, 0.15) is 56.1 Å². The lowest BCUT2D eigenvalue weighted by Gasteiger charge is -2.52. The Hall–Kier alpha value is -3.40.